The maximum absolute atomic E-state index is 11.0. The molecule has 2 rings (SSSR count). The zero-order valence-electron chi connectivity index (χ0n) is 10.3. The van der Waals surface area contributed by atoms with Gasteiger partial charge >= 0.3 is 6.09 Å². The van der Waals surface area contributed by atoms with Gasteiger partial charge < -0.3 is 14.2 Å². The summed E-state index contributed by atoms with van der Waals surface area (Å²) < 4.78 is 15.5. The molecule has 19 heavy (non-hydrogen) atoms. The fourth-order valence-corrected chi connectivity index (χ4v) is 1.80. The molecule has 0 aromatic heterocycles. The lowest BCUT2D eigenvalue weighted by Gasteiger charge is -2.19. The third-order valence-electron chi connectivity index (χ3n) is 2.26. The van der Waals surface area contributed by atoms with Gasteiger partial charge in [-0.3, -0.25) is 0 Å². The van der Waals surface area contributed by atoms with Crippen molar-refractivity contribution in [1.29, 1.82) is 0 Å². The van der Waals surface area contributed by atoms with Gasteiger partial charge in [-0.1, -0.05) is 11.6 Å². The van der Waals surface area contributed by atoms with E-state index >= 15 is 0 Å². The molecule has 1 aromatic rings. The lowest BCUT2D eigenvalue weighted by molar-refractivity contribution is 0.152. The van der Waals surface area contributed by atoms with Crippen molar-refractivity contribution in [3.05, 3.63) is 22.7 Å². The minimum absolute atomic E-state index is 0.289. The van der Waals surface area contributed by atoms with E-state index in [1.807, 2.05) is 0 Å². The zero-order chi connectivity index (χ0) is 13.7. The van der Waals surface area contributed by atoms with E-state index in [1.165, 1.54) is 6.21 Å². The van der Waals surface area contributed by atoms with Gasteiger partial charge in [0.25, 0.3) is 0 Å². The number of rotatable bonds is 3. The van der Waals surface area contributed by atoms with Gasteiger partial charge in [0.15, 0.2) is 11.5 Å². The van der Waals surface area contributed by atoms with Gasteiger partial charge in [-0.2, -0.15) is 5.10 Å². The highest BCUT2D eigenvalue weighted by atomic mass is 35.5. The Balaban J connectivity index is 2.07. The quantitative estimate of drug-likeness (QED) is 0.682. The van der Waals surface area contributed by atoms with Crippen molar-refractivity contribution in [2.45, 2.75) is 6.92 Å². The number of hydrogen-bond donors (Lipinski definition) is 1. The Labute approximate surface area is 115 Å². The lowest BCUT2D eigenvalue weighted by Crippen LogP contribution is -2.18. The zero-order valence-corrected chi connectivity index (χ0v) is 11.1. The Morgan fingerprint density at radius 3 is 3.11 bits per heavy atom. The van der Waals surface area contributed by atoms with Crippen LogP contribution in [0, 0.1) is 0 Å². The standard InChI is InChI=1S/C12H13ClN2O4/c1-2-17-12(16)15-14-7-8-5-9(13)11-10(6-8)18-3-4-19-11/h5-7H,2-4H2,1H3,(H,15,16)/b14-7-. The summed E-state index contributed by atoms with van der Waals surface area (Å²) in [5.74, 6) is 1.10. The smallest absolute Gasteiger partial charge is 0.427 e. The van der Waals surface area contributed by atoms with Gasteiger partial charge in [0.1, 0.15) is 13.2 Å². The minimum Gasteiger partial charge on any atom is -0.486 e. The summed E-state index contributed by atoms with van der Waals surface area (Å²) in [6.07, 6.45) is 0.837. The Morgan fingerprint density at radius 1 is 1.53 bits per heavy atom. The third-order valence-corrected chi connectivity index (χ3v) is 2.54. The highest BCUT2D eigenvalue weighted by Crippen LogP contribution is 2.37. The molecule has 0 fully saturated rings. The van der Waals surface area contributed by atoms with Gasteiger partial charge in [0.2, 0.25) is 0 Å². The predicted octanol–water partition coefficient (Wildman–Crippen LogP) is 2.19. The van der Waals surface area contributed by atoms with E-state index < -0.39 is 6.09 Å². The molecular weight excluding hydrogens is 272 g/mol. The highest BCUT2D eigenvalue weighted by molar-refractivity contribution is 6.32. The van der Waals surface area contributed by atoms with Crippen molar-refractivity contribution in [3.8, 4) is 11.5 Å². The summed E-state index contributed by atoms with van der Waals surface area (Å²) in [5, 5.41) is 4.19. The average molecular weight is 285 g/mol. The molecule has 1 N–H and O–H groups in total. The van der Waals surface area contributed by atoms with Crippen LogP contribution < -0.4 is 14.9 Å². The first-order chi connectivity index (χ1) is 9.20. The van der Waals surface area contributed by atoms with Crippen LogP contribution in [0.5, 0.6) is 11.5 Å². The van der Waals surface area contributed by atoms with E-state index in [0.29, 0.717) is 35.3 Å². The molecule has 0 unspecified atom stereocenters. The van der Waals surface area contributed by atoms with E-state index in [0.717, 1.165) is 0 Å². The summed E-state index contributed by atoms with van der Waals surface area (Å²) in [5.41, 5.74) is 2.91. The fraction of sp³-hybridized carbons (Fsp3) is 0.333. The van der Waals surface area contributed by atoms with Crippen LogP contribution in [0.25, 0.3) is 0 Å². The number of ether oxygens (including phenoxy) is 3. The van der Waals surface area contributed by atoms with Gasteiger partial charge in [-0.15, -0.1) is 0 Å². The van der Waals surface area contributed by atoms with Gasteiger partial charge in [0.05, 0.1) is 17.8 Å². The van der Waals surface area contributed by atoms with Crippen LogP contribution in [0.2, 0.25) is 5.02 Å². The van der Waals surface area contributed by atoms with Crippen LogP contribution in [-0.4, -0.2) is 32.1 Å². The van der Waals surface area contributed by atoms with Crippen molar-refractivity contribution in [2.75, 3.05) is 19.8 Å². The van der Waals surface area contributed by atoms with Crippen LogP contribution in [0.4, 0.5) is 4.79 Å². The van der Waals surface area contributed by atoms with E-state index in [2.05, 4.69) is 15.3 Å². The van der Waals surface area contributed by atoms with Crippen LogP contribution >= 0.6 is 11.6 Å². The number of nitrogens with zero attached hydrogens (tertiary/aromatic N) is 1. The summed E-state index contributed by atoms with van der Waals surface area (Å²) >= 11 is 6.06. The second-order valence-corrected chi connectivity index (χ2v) is 4.02. The number of amides is 1. The minimum atomic E-state index is -0.609. The molecule has 1 heterocycles. The summed E-state index contributed by atoms with van der Waals surface area (Å²) in [6, 6.07) is 3.40. The second kappa shape index (κ2) is 6.29. The van der Waals surface area contributed by atoms with Crippen molar-refractivity contribution in [3.63, 3.8) is 0 Å². The SMILES string of the molecule is CCOC(=O)N/N=C\c1cc(Cl)c2c(c1)OCCO2. The van der Waals surface area contributed by atoms with Crippen molar-refractivity contribution in [2.24, 2.45) is 5.10 Å². The molecule has 1 aliphatic heterocycles. The fourth-order valence-electron chi connectivity index (χ4n) is 1.53. The Hall–Kier alpha value is -1.95. The topological polar surface area (TPSA) is 69.2 Å². The molecule has 0 aliphatic carbocycles. The average Bonchev–Trinajstić information content (AvgIpc) is 2.39. The van der Waals surface area contributed by atoms with Crippen molar-refractivity contribution in [1.82, 2.24) is 5.43 Å². The number of carbonyl (C=O) groups is 1. The number of halogens is 1. The molecule has 0 bridgehead atoms. The molecule has 102 valence electrons. The number of hydrazone groups is 1. The molecule has 1 aromatic carbocycles. The maximum Gasteiger partial charge on any atom is 0.427 e. The molecular formula is C12H13ClN2O4. The predicted molar refractivity (Wildman–Crippen MR) is 70.2 cm³/mol. The number of hydrogen-bond acceptors (Lipinski definition) is 5. The van der Waals surface area contributed by atoms with Crippen molar-refractivity contribution >= 4 is 23.9 Å². The van der Waals surface area contributed by atoms with Crippen molar-refractivity contribution < 1.29 is 19.0 Å². The van der Waals surface area contributed by atoms with E-state index in [4.69, 9.17) is 21.1 Å². The Kier molecular flexibility index (Phi) is 4.46. The van der Waals surface area contributed by atoms with Crippen LogP contribution in [-0.2, 0) is 4.74 Å². The first-order valence-corrected chi connectivity index (χ1v) is 6.13. The van der Waals surface area contributed by atoms with E-state index in [-0.39, 0.29) is 6.61 Å². The summed E-state index contributed by atoms with van der Waals surface area (Å²) in [7, 11) is 0. The molecule has 1 amide bonds. The molecule has 6 nitrogen and oxygen atoms in total. The third kappa shape index (κ3) is 3.51. The lowest BCUT2D eigenvalue weighted by atomic mass is 10.2. The van der Waals surface area contributed by atoms with Crippen LogP contribution in [0.1, 0.15) is 12.5 Å². The molecule has 0 radical (unpaired) electrons. The molecule has 1 aliphatic rings. The number of nitrogens with one attached hydrogen (secondary N) is 1. The molecule has 0 atom stereocenters. The van der Waals surface area contributed by atoms with Crippen LogP contribution in [0.15, 0.2) is 17.2 Å². The maximum atomic E-state index is 11.0. The highest BCUT2D eigenvalue weighted by Gasteiger charge is 2.16. The summed E-state index contributed by atoms with van der Waals surface area (Å²) in [6.45, 7) is 2.96. The van der Waals surface area contributed by atoms with E-state index in [9.17, 15) is 4.79 Å². The summed E-state index contributed by atoms with van der Waals surface area (Å²) in [4.78, 5) is 11.0. The number of benzene rings is 1. The second-order valence-electron chi connectivity index (χ2n) is 3.62. The monoisotopic (exact) mass is 284 g/mol. The number of fused-ring (bicyclic) bond motifs is 1. The Morgan fingerprint density at radius 2 is 2.32 bits per heavy atom. The van der Waals surface area contributed by atoms with Gasteiger partial charge in [-0.05, 0) is 24.6 Å². The molecule has 0 saturated heterocycles. The molecule has 0 spiro atoms. The molecule has 0 saturated carbocycles. The van der Waals surface area contributed by atoms with Gasteiger partial charge in [-0.25, -0.2) is 10.2 Å². The number of carbonyl (C=O) groups excluding carboxylic acids is 1. The molecule has 7 heteroatoms. The van der Waals surface area contributed by atoms with E-state index in [1.54, 1.807) is 19.1 Å². The largest absolute Gasteiger partial charge is 0.486 e. The van der Waals surface area contributed by atoms with Crippen LogP contribution in [0.3, 0.4) is 0 Å². The first-order valence-electron chi connectivity index (χ1n) is 5.75. The normalized spacial score (nSPS) is 13.4. The Bertz CT molecular complexity index is 505. The van der Waals surface area contributed by atoms with Gasteiger partial charge in [0, 0.05) is 0 Å². The first kappa shape index (κ1) is 13.5.